The molecule has 0 unspecified atom stereocenters. The van der Waals surface area contributed by atoms with Crippen LogP contribution < -0.4 is 5.32 Å². The van der Waals surface area contributed by atoms with E-state index in [1.807, 2.05) is 6.07 Å². The first-order valence-electron chi connectivity index (χ1n) is 9.24. The highest BCUT2D eigenvalue weighted by molar-refractivity contribution is 7.89. The number of hydrogen-bond donors (Lipinski definition) is 1. The second kappa shape index (κ2) is 7.69. The lowest BCUT2D eigenvalue weighted by molar-refractivity contribution is -0.384. The van der Waals surface area contributed by atoms with Crippen molar-refractivity contribution in [3.05, 3.63) is 64.0 Å². The molecule has 1 aliphatic heterocycles. The summed E-state index contributed by atoms with van der Waals surface area (Å²) >= 11 is 0. The molecule has 2 aromatic carbocycles. The number of nitrogens with zero attached hydrogens (tertiary/aromatic N) is 2. The summed E-state index contributed by atoms with van der Waals surface area (Å²) in [7, 11) is -3.83. The molecule has 2 fully saturated rings. The van der Waals surface area contributed by atoms with Gasteiger partial charge in [0, 0.05) is 31.1 Å². The SMILES string of the molecule is O=[N+]([O-])c1cc(S(=O)(=O)N2CCOCC2)ccc1N[C@@H]1C[C@H]1c1cccc(F)c1. The molecular formula is C19H20FN3O5S. The molecule has 2 aromatic rings. The van der Waals surface area contributed by atoms with Crippen LogP contribution >= 0.6 is 0 Å². The maximum Gasteiger partial charge on any atom is 0.293 e. The Bertz CT molecular complexity index is 1040. The minimum atomic E-state index is -3.83. The van der Waals surface area contributed by atoms with Crippen LogP contribution in [0.25, 0.3) is 0 Å². The Morgan fingerprint density at radius 3 is 2.62 bits per heavy atom. The average molecular weight is 421 g/mol. The molecule has 2 aliphatic rings. The van der Waals surface area contributed by atoms with Crippen LogP contribution in [0.2, 0.25) is 0 Å². The minimum absolute atomic E-state index is 0.0575. The fourth-order valence-corrected chi connectivity index (χ4v) is 4.97. The van der Waals surface area contributed by atoms with E-state index in [1.165, 1.54) is 28.6 Å². The van der Waals surface area contributed by atoms with Crippen LogP contribution in [0.4, 0.5) is 15.8 Å². The van der Waals surface area contributed by atoms with Crippen molar-refractivity contribution in [2.45, 2.75) is 23.3 Å². The van der Waals surface area contributed by atoms with E-state index in [2.05, 4.69) is 5.32 Å². The molecule has 0 aromatic heterocycles. The predicted octanol–water partition coefficient (Wildman–Crippen LogP) is 2.72. The summed E-state index contributed by atoms with van der Waals surface area (Å²) in [6.07, 6.45) is 0.717. The van der Waals surface area contributed by atoms with Gasteiger partial charge in [-0.1, -0.05) is 12.1 Å². The fraction of sp³-hybridized carbons (Fsp3) is 0.368. The Morgan fingerprint density at radius 1 is 1.17 bits per heavy atom. The molecule has 1 heterocycles. The number of ether oxygens (including phenoxy) is 1. The summed E-state index contributed by atoms with van der Waals surface area (Å²) < 4.78 is 45.4. The van der Waals surface area contributed by atoms with Crippen LogP contribution in [0, 0.1) is 15.9 Å². The molecule has 1 saturated carbocycles. The van der Waals surface area contributed by atoms with E-state index < -0.39 is 14.9 Å². The summed E-state index contributed by atoms with van der Waals surface area (Å²) in [6, 6.07) is 10.1. The van der Waals surface area contributed by atoms with E-state index in [9.17, 15) is 22.9 Å². The Hall–Kier alpha value is -2.56. The van der Waals surface area contributed by atoms with Gasteiger partial charge in [-0.15, -0.1) is 0 Å². The number of sulfonamides is 1. The second-order valence-corrected chi connectivity index (χ2v) is 9.04. The lowest BCUT2D eigenvalue weighted by Crippen LogP contribution is -2.40. The number of nitrogens with one attached hydrogen (secondary N) is 1. The first kappa shape index (κ1) is 19.7. The highest BCUT2D eigenvalue weighted by Crippen LogP contribution is 2.44. The van der Waals surface area contributed by atoms with E-state index in [0.717, 1.165) is 11.6 Å². The molecule has 1 N–H and O–H groups in total. The summed E-state index contributed by atoms with van der Waals surface area (Å²) in [4.78, 5) is 10.8. The van der Waals surface area contributed by atoms with Gasteiger partial charge in [-0.2, -0.15) is 4.31 Å². The van der Waals surface area contributed by atoms with Gasteiger partial charge in [0.25, 0.3) is 5.69 Å². The van der Waals surface area contributed by atoms with Crippen molar-refractivity contribution in [1.29, 1.82) is 0 Å². The molecule has 0 amide bonds. The third kappa shape index (κ3) is 4.09. The molecule has 154 valence electrons. The Balaban J connectivity index is 1.55. The molecule has 10 heteroatoms. The van der Waals surface area contributed by atoms with Crippen LogP contribution in [-0.4, -0.2) is 50.0 Å². The van der Waals surface area contributed by atoms with Crippen LogP contribution in [0.5, 0.6) is 0 Å². The molecule has 1 aliphatic carbocycles. The van der Waals surface area contributed by atoms with Crippen molar-refractivity contribution in [3.63, 3.8) is 0 Å². The summed E-state index contributed by atoms with van der Waals surface area (Å²) in [5.41, 5.74) is 0.778. The largest absolute Gasteiger partial charge is 0.379 e. The van der Waals surface area contributed by atoms with E-state index >= 15 is 0 Å². The van der Waals surface area contributed by atoms with Crippen LogP contribution in [0.1, 0.15) is 17.9 Å². The number of nitro benzene ring substituents is 1. The van der Waals surface area contributed by atoms with E-state index in [4.69, 9.17) is 4.74 Å². The second-order valence-electron chi connectivity index (χ2n) is 7.10. The molecule has 0 bridgehead atoms. The highest BCUT2D eigenvalue weighted by atomic mass is 32.2. The molecule has 29 heavy (non-hydrogen) atoms. The average Bonchev–Trinajstić information content (AvgIpc) is 3.48. The molecule has 4 rings (SSSR count). The minimum Gasteiger partial charge on any atom is -0.379 e. The van der Waals surface area contributed by atoms with Gasteiger partial charge in [-0.25, -0.2) is 12.8 Å². The number of hydrogen-bond acceptors (Lipinski definition) is 6. The molecule has 8 nitrogen and oxygen atoms in total. The van der Waals surface area contributed by atoms with Gasteiger partial charge in [0.05, 0.1) is 23.0 Å². The van der Waals surface area contributed by atoms with Crippen molar-refractivity contribution < 1.29 is 22.5 Å². The summed E-state index contributed by atoms with van der Waals surface area (Å²) in [5, 5.41) is 14.7. The Kier molecular flexibility index (Phi) is 5.24. The monoisotopic (exact) mass is 421 g/mol. The third-order valence-electron chi connectivity index (χ3n) is 5.18. The third-order valence-corrected chi connectivity index (χ3v) is 7.08. The number of rotatable bonds is 6. The van der Waals surface area contributed by atoms with E-state index in [0.29, 0.717) is 19.6 Å². The van der Waals surface area contributed by atoms with Gasteiger partial charge in [0.2, 0.25) is 10.0 Å². The van der Waals surface area contributed by atoms with Crippen LogP contribution in [0.15, 0.2) is 47.4 Å². The molecule has 0 radical (unpaired) electrons. The zero-order chi connectivity index (χ0) is 20.6. The molecule has 0 spiro atoms. The van der Waals surface area contributed by atoms with Crippen molar-refractivity contribution in [1.82, 2.24) is 4.31 Å². The number of anilines is 1. The Labute approximate surface area is 167 Å². The topological polar surface area (TPSA) is 102 Å². The Morgan fingerprint density at radius 2 is 1.93 bits per heavy atom. The zero-order valence-corrected chi connectivity index (χ0v) is 16.3. The lowest BCUT2D eigenvalue weighted by atomic mass is 10.1. The number of nitro groups is 1. The van der Waals surface area contributed by atoms with Gasteiger partial charge < -0.3 is 10.1 Å². The van der Waals surface area contributed by atoms with Crippen molar-refractivity contribution in [2.24, 2.45) is 0 Å². The standard InChI is InChI=1S/C19H20FN3O5S/c20-14-3-1-2-13(10-14)16-12-18(16)21-17-5-4-15(11-19(17)23(24)25)29(26,27)22-6-8-28-9-7-22/h1-5,10-11,16,18,21H,6-9,12H2/t16-,18+/m0/s1. The van der Waals surface area contributed by atoms with E-state index in [-0.39, 0.29) is 47.1 Å². The van der Waals surface area contributed by atoms with Crippen molar-refractivity contribution in [3.8, 4) is 0 Å². The quantitative estimate of drug-likeness (QED) is 0.568. The van der Waals surface area contributed by atoms with Gasteiger partial charge in [-0.3, -0.25) is 10.1 Å². The van der Waals surface area contributed by atoms with Gasteiger partial charge >= 0.3 is 0 Å². The molecule has 2 atom stereocenters. The fourth-order valence-electron chi connectivity index (χ4n) is 3.54. The first-order chi connectivity index (χ1) is 13.9. The lowest BCUT2D eigenvalue weighted by Gasteiger charge is -2.26. The molecular weight excluding hydrogens is 401 g/mol. The van der Waals surface area contributed by atoms with Crippen molar-refractivity contribution in [2.75, 3.05) is 31.6 Å². The normalized spacial score (nSPS) is 22.2. The van der Waals surface area contributed by atoms with E-state index in [1.54, 1.807) is 6.07 Å². The summed E-state index contributed by atoms with van der Waals surface area (Å²) in [6.45, 7) is 1.02. The smallest absolute Gasteiger partial charge is 0.293 e. The van der Waals surface area contributed by atoms with Crippen LogP contribution in [-0.2, 0) is 14.8 Å². The maximum absolute atomic E-state index is 13.4. The maximum atomic E-state index is 13.4. The number of morpholine rings is 1. The molecule has 1 saturated heterocycles. The highest BCUT2D eigenvalue weighted by Gasteiger charge is 2.40. The zero-order valence-electron chi connectivity index (χ0n) is 15.5. The van der Waals surface area contributed by atoms with Gasteiger partial charge in [0.15, 0.2) is 0 Å². The number of halogens is 1. The first-order valence-corrected chi connectivity index (χ1v) is 10.7. The van der Waals surface area contributed by atoms with Gasteiger partial charge in [0.1, 0.15) is 11.5 Å². The number of benzene rings is 2. The predicted molar refractivity (Wildman–Crippen MR) is 104 cm³/mol. The van der Waals surface area contributed by atoms with Crippen molar-refractivity contribution >= 4 is 21.4 Å². The van der Waals surface area contributed by atoms with Crippen LogP contribution in [0.3, 0.4) is 0 Å². The van der Waals surface area contributed by atoms with Gasteiger partial charge in [-0.05, 0) is 36.2 Å². The summed E-state index contributed by atoms with van der Waals surface area (Å²) in [5.74, 6) is -0.265.